The third-order valence-corrected chi connectivity index (χ3v) is 8.18. The van der Waals surface area contributed by atoms with Crippen LogP contribution in [0, 0.1) is 11.8 Å². The minimum atomic E-state index is -3.19. The van der Waals surface area contributed by atoms with Gasteiger partial charge in [0, 0.05) is 39.6 Å². The standard InChI is InChI=1S/C19H37N3O3S.HI/c1-5-20-18(22(3)14-17-8-6-16(2)7-9-17)21-15-19(26(4,23)24)10-12-25-13-11-19;/h16-17H,5-15H2,1-4H3,(H,20,21);1H. The first kappa shape index (κ1) is 24.9. The van der Waals surface area contributed by atoms with E-state index in [1.807, 2.05) is 6.92 Å². The fourth-order valence-corrected chi connectivity index (χ4v) is 5.27. The van der Waals surface area contributed by atoms with Crippen LogP contribution in [0.15, 0.2) is 4.99 Å². The van der Waals surface area contributed by atoms with E-state index < -0.39 is 14.6 Å². The van der Waals surface area contributed by atoms with Gasteiger partial charge < -0.3 is 15.0 Å². The summed E-state index contributed by atoms with van der Waals surface area (Å²) in [6, 6.07) is 0. The smallest absolute Gasteiger partial charge is 0.193 e. The van der Waals surface area contributed by atoms with Gasteiger partial charge in [0.25, 0.3) is 0 Å². The molecule has 1 heterocycles. The second-order valence-corrected chi connectivity index (χ2v) is 10.7. The Morgan fingerprint density at radius 3 is 2.33 bits per heavy atom. The molecule has 2 rings (SSSR count). The molecule has 1 N–H and O–H groups in total. The van der Waals surface area contributed by atoms with Gasteiger partial charge in [-0.25, -0.2) is 8.42 Å². The van der Waals surface area contributed by atoms with Crippen molar-refractivity contribution in [3.05, 3.63) is 0 Å². The van der Waals surface area contributed by atoms with Gasteiger partial charge in [-0.3, -0.25) is 4.99 Å². The summed E-state index contributed by atoms with van der Waals surface area (Å²) in [6.07, 6.45) is 7.56. The van der Waals surface area contributed by atoms with Gasteiger partial charge in [0.2, 0.25) is 0 Å². The topological polar surface area (TPSA) is 71.0 Å². The van der Waals surface area contributed by atoms with Crippen LogP contribution in [0.1, 0.15) is 52.4 Å². The molecule has 0 amide bonds. The van der Waals surface area contributed by atoms with Crippen molar-refractivity contribution in [1.82, 2.24) is 10.2 Å². The second-order valence-electron chi connectivity index (χ2n) is 8.24. The number of nitrogens with one attached hydrogen (secondary N) is 1. The Morgan fingerprint density at radius 1 is 1.22 bits per heavy atom. The predicted octanol–water partition coefficient (Wildman–Crippen LogP) is 2.92. The van der Waals surface area contributed by atoms with Gasteiger partial charge in [-0.05, 0) is 44.4 Å². The molecule has 1 saturated heterocycles. The summed E-state index contributed by atoms with van der Waals surface area (Å²) in [5, 5.41) is 3.34. The van der Waals surface area contributed by atoms with Crippen LogP contribution >= 0.6 is 24.0 Å². The molecule has 1 saturated carbocycles. The first-order valence-corrected chi connectivity index (χ1v) is 11.9. The van der Waals surface area contributed by atoms with Crippen molar-refractivity contribution in [1.29, 1.82) is 0 Å². The summed E-state index contributed by atoms with van der Waals surface area (Å²) in [7, 11) is -1.12. The fourth-order valence-electron chi connectivity index (χ4n) is 4.06. The molecule has 0 aromatic heterocycles. The zero-order chi connectivity index (χ0) is 19.2. The lowest BCUT2D eigenvalue weighted by molar-refractivity contribution is 0.0767. The molecule has 0 aromatic rings. The normalized spacial score (nSPS) is 26.1. The van der Waals surface area contributed by atoms with Gasteiger partial charge in [0.15, 0.2) is 15.8 Å². The average molecular weight is 516 g/mol. The van der Waals surface area contributed by atoms with Crippen LogP contribution in [0.2, 0.25) is 0 Å². The molecular weight excluding hydrogens is 477 g/mol. The Morgan fingerprint density at radius 2 is 1.81 bits per heavy atom. The van der Waals surface area contributed by atoms with E-state index in [1.165, 1.54) is 31.9 Å². The average Bonchev–Trinajstić information content (AvgIpc) is 2.60. The number of halogens is 1. The monoisotopic (exact) mass is 515 g/mol. The van der Waals surface area contributed by atoms with Gasteiger partial charge in [-0.15, -0.1) is 24.0 Å². The van der Waals surface area contributed by atoms with Crippen molar-refractivity contribution < 1.29 is 13.2 Å². The highest BCUT2D eigenvalue weighted by atomic mass is 127. The molecule has 0 atom stereocenters. The van der Waals surface area contributed by atoms with Gasteiger partial charge in [0.1, 0.15) is 0 Å². The molecule has 0 radical (unpaired) electrons. The van der Waals surface area contributed by atoms with Crippen molar-refractivity contribution in [2.75, 3.05) is 46.2 Å². The molecule has 2 aliphatic rings. The summed E-state index contributed by atoms with van der Waals surface area (Å²) >= 11 is 0. The van der Waals surface area contributed by atoms with Crippen LogP contribution in [0.3, 0.4) is 0 Å². The molecule has 8 heteroatoms. The molecule has 1 aliphatic carbocycles. The lowest BCUT2D eigenvalue weighted by Gasteiger charge is -2.35. The van der Waals surface area contributed by atoms with Crippen LogP contribution in [0.4, 0.5) is 0 Å². The Balaban J connectivity index is 0.00000364. The van der Waals surface area contributed by atoms with Crippen molar-refractivity contribution >= 4 is 39.8 Å². The van der Waals surface area contributed by atoms with E-state index in [4.69, 9.17) is 9.73 Å². The highest BCUT2D eigenvalue weighted by Crippen LogP contribution is 2.30. The summed E-state index contributed by atoms with van der Waals surface area (Å²) in [5.74, 6) is 2.37. The van der Waals surface area contributed by atoms with Crippen molar-refractivity contribution in [2.45, 2.75) is 57.1 Å². The maximum atomic E-state index is 12.4. The van der Waals surface area contributed by atoms with E-state index in [0.29, 0.717) is 38.5 Å². The van der Waals surface area contributed by atoms with Gasteiger partial charge in [0.05, 0.1) is 11.3 Å². The molecule has 2 fully saturated rings. The van der Waals surface area contributed by atoms with E-state index in [9.17, 15) is 8.42 Å². The van der Waals surface area contributed by atoms with Crippen LogP contribution in [-0.2, 0) is 14.6 Å². The van der Waals surface area contributed by atoms with E-state index >= 15 is 0 Å². The number of aliphatic imine (C=N–C) groups is 1. The number of guanidine groups is 1. The van der Waals surface area contributed by atoms with Crippen molar-refractivity contribution in [2.24, 2.45) is 16.8 Å². The number of sulfone groups is 1. The highest BCUT2D eigenvalue weighted by molar-refractivity contribution is 14.0. The zero-order valence-electron chi connectivity index (χ0n) is 17.4. The quantitative estimate of drug-likeness (QED) is 0.335. The third kappa shape index (κ3) is 7.03. The second kappa shape index (κ2) is 11.2. The Hall–Kier alpha value is -0.0900. The van der Waals surface area contributed by atoms with Gasteiger partial charge in [-0.2, -0.15) is 0 Å². The molecule has 0 unspecified atom stereocenters. The Bertz CT molecular complexity index is 569. The molecule has 160 valence electrons. The maximum absolute atomic E-state index is 12.4. The summed E-state index contributed by atoms with van der Waals surface area (Å²) in [6.45, 7) is 7.44. The van der Waals surface area contributed by atoms with Crippen LogP contribution < -0.4 is 5.32 Å². The number of nitrogens with zero attached hydrogens (tertiary/aromatic N) is 2. The molecule has 0 spiro atoms. The first-order chi connectivity index (χ1) is 12.3. The number of hydrogen-bond acceptors (Lipinski definition) is 4. The van der Waals surface area contributed by atoms with E-state index in [1.54, 1.807) is 0 Å². The fraction of sp³-hybridized carbons (Fsp3) is 0.947. The third-order valence-electron chi connectivity index (χ3n) is 6.07. The highest BCUT2D eigenvalue weighted by Gasteiger charge is 2.42. The largest absolute Gasteiger partial charge is 0.381 e. The lowest BCUT2D eigenvalue weighted by Crippen LogP contribution is -2.48. The zero-order valence-corrected chi connectivity index (χ0v) is 20.5. The minimum Gasteiger partial charge on any atom is -0.381 e. The van der Waals surface area contributed by atoms with Crippen molar-refractivity contribution in [3.8, 4) is 0 Å². The minimum absolute atomic E-state index is 0. The van der Waals surface area contributed by atoms with E-state index in [-0.39, 0.29) is 24.0 Å². The SMILES string of the molecule is CCNC(=NCC1(S(C)(=O)=O)CCOCC1)N(C)CC1CCC(C)CC1.I. The van der Waals surface area contributed by atoms with E-state index in [2.05, 4.69) is 24.2 Å². The Labute approximate surface area is 182 Å². The maximum Gasteiger partial charge on any atom is 0.193 e. The molecule has 27 heavy (non-hydrogen) atoms. The summed E-state index contributed by atoms with van der Waals surface area (Å²) in [5.41, 5.74) is 0. The first-order valence-electron chi connectivity index (χ1n) is 10.0. The number of hydrogen-bond donors (Lipinski definition) is 1. The van der Waals surface area contributed by atoms with E-state index in [0.717, 1.165) is 25.0 Å². The van der Waals surface area contributed by atoms with Crippen molar-refractivity contribution in [3.63, 3.8) is 0 Å². The number of rotatable bonds is 6. The molecule has 0 aromatic carbocycles. The predicted molar refractivity (Wildman–Crippen MR) is 123 cm³/mol. The van der Waals surface area contributed by atoms with Gasteiger partial charge >= 0.3 is 0 Å². The van der Waals surface area contributed by atoms with Crippen LogP contribution in [-0.4, -0.2) is 70.2 Å². The number of ether oxygens (including phenoxy) is 1. The summed E-state index contributed by atoms with van der Waals surface area (Å²) < 4.78 is 29.5. The van der Waals surface area contributed by atoms with Crippen LogP contribution in [0.5, 0.6) is 0 Å². The summed E-state index contributed by atoms with van der Waals surface area (Å²) in [4.78, 5) is 6.93. The molecule has 6 nitrogen and oxygen atoms in total. The molecule has 1 aliphatic heterocycles. The Kier molecular flexibility index (Phi) is 10.3. The van der Waals surface area contributed by atoms with Crippen LogP contribution in [0.25, 0.3) is 0 Å². The molecular formula is C19H38IN3O3S. The lowest BCUT2D eigenvalue weighted by atomic mass is 9.83. The van der Waals surface area contributed by atoms with Gasteiger partial charge in [-0.1, -0.05) is 19.8 Å². The molecule has 0 bridgehead atoms.